The van der Waals surface area contributed by atoms with Gasteiger partial charge in [-0.3, -0.25) is 0 Å². The molecule has 0 saturated carbocycles. The van der Waals surface area contributed by atoms with E-state index in [1.807, 2.05) is 25.1 Å². The number of aryl methyl sites for hydroxylation is 1. The van der Waals surface area contributed by atoms with Crippen LogP contribution in [0.3, 0.4) is 0 Å². The zero-order chi connectivity index (χ0) is 15.9. The lowest BCUT2D eigenvalue weighted by Gasteiger charge is -2.20. The summed E-state index contributed by atoms with van der Waals surface area (Å²) < 4.78 is 13.6. The molecule has 0 atom stereocenters. The van der Waals surface area contributed by atoms with Gasteiger partial charge in [0.05, 0.1) is 0 Å². The molecule has 0 spiro atoms. The van der Waals surface area contributed by atoms with E-state index in [0.29, 0.717) is 18.5 Å². The highest BCUT2D eigenvalue weighted by atomic mass is 19.1. The number of halogens is 1. The lowest BCUT2D eigenvalue weighted by atomic mass is 10.1. The van der Waals surface area contributed by atoms with Crippen molar-refractivity contribution < 1.29 is 4.39 Å². The Morgan fingerprint density at radius 3 is 2.55 bits per heavy atom. The Labute approximate surface area is 131 Å². The molecule has 0 saturated heterocycles. The van der Waals surface area contributed by atoms with Gasteiger partial charge in [-0.25, -0.2) is 14.4 Å². The molecule has 0 aliphatic carbocycles. The minimum Gasteiger partial charge on any atom is -0.370 e. The van der Waals surface area contributed by atoms with Crippen LogP contribution in [0.15, 0.2) is 30.3 Å². The number of nitrogens with zero attached hydrogens (tertiary/aromatic N) is 3. The summed E-state index contributed by atoms with van der Waals surface area (Å²) in [5.41, 5.74) is 0.713. The van der Waals surface area contributed by atoms with Crippen molar-refractivity contribution >= 4 is 11.6 Å². The van der Waals surface area contributed by atoms with Crippen LogP contribution in [0, 0.1) is 12.7 Å². The molecule has 1 aromatic carbocycles. The molecule has 0 aliphatic heterocycles. The first-order valence-corrected chi connectivity index (χ1v) is 7.72. The predicted molar refractivity (Wildman–Crippen MR) is 88.9 cm³/mol. The van der Waals surface area contributed by atoms with Gasteiger partial charge in [-0.1, -0.05) is 18.2 Å². The maximum absolute atomic E-state index is 13.6. The second-order valence-electron chi connectivity index (χ2n) is 5.10. The number of benzene rings is 1. The smallest absolute Gasteiger partial charge is 0.134 e. The highest BCUT2D eigenvalue weighted by Crippen LogP contribution is 2.16. The van der Waals surface area contributed by atoms with Gasteiger partial charge < -0.3 is 10.2 Å². The number of aromatic nitrogens is 2. The maximum atomic E-state index is 13.6. The van der Waals surface area contributed by atoms with Crippen LogP contribution in [0.5, 0.6) is 0 Å². The molecule has 4 nitrogen and oxygen atoms in total. The van der Waals surface area contributed by atoms with Crippen molar-refractivity contribution in [2.75, 3.05) is 29.9 Å². The second kappa shape index (κ2) is 7.73. The van der Waals surface area contributed by atoms with Crippen LogP contribution in [0.4, 0.5) is 16.0 Å². The molecule has 2 rings (SSSR count). The summed E-state index contributed by atoms with van der Waals surface area (Å²) in [7, 11) is 0. The summed E-state index contributed by atoms with van der Waals surface area (Å²) in [5.74, 6) is 2.28. The molecule has 0 fully saturated rings. The predicted octanol–water partition coefficient (Wildman–Crippen LogP) is 3.42. The van der Waals surface area contributed by atoms with E-state index >= 15 is 0 Å². The van der Waals surface area contributed by atoms with E-state index < -0.39 is 0 Å². The summed E-state index contributed by atoms with van der Waals surface area (Å²) in [5, 5.41) is 3.26. The minimum atomic E-state index is -0.160. The molecule has 0 unspecified atom stereocenters. The van der Waals surface area contributed by atoms with Gasteiger partial charge in [-0.05, 0) is 38.8 Å². The van der Waals surface area contributed by atoms with Gasteiger partial charge in [-0.2, -0.15) is 0 Å². The van der Waals surface area contributed by atoms with Crippen molar-refractivity contribution in [3.05, 3.63) is 47.5 Å². The second-order valence-corrected chi connectivity index (χ2v) is 5.10. The van der Waals surface area contributed by atoms with Crippen molar-refractivity contribution in [2.24, 2.45) is 0 Å². The van der Waals surface area contributed by atoms with E-state index in [2.05, 4.69) is 34.0 Å². The van der Waals surface area contributed by atoms with Gasteiger partial charge in [0.2, 0.25) is 0 Å². The van der Waals surface area contributed by atoms with E-state index in [0.717, 1.165) is 30.5 Å². The van der Waals surface area contributed by atoms with E-state index in [1.54, 1.807) is 6.07 Å². The van der Waals surface area contributed by atoms with Gasteiger partial charge in [0.15, 0.2) is 0 Å². The maximum Gasteiger partial charge on any atom is 0.134 e. The van der Waals surface area contributed by atoms with Crippen molar-refractivity contribution in [3.63, 3.8) is 0 Å². The summed E-state index contributed by atoms with van der Waals surface area (Å²) >= 11 is 0. The standard InChI is InChI=1S/C17H23FN4/c1-4-22(5-2)17-12-16(20-13(3)21-17)19-11-10-14-8-6-7-9-15(14)18/h6-9,12H,4-5,10-11H2,1-3H3,(H,19,20,21). The Bertz CT molecular complexity index is 611. The molecule has 1 aromatic heterocycles. The average Bonchev–Trinajstić information content (AvgIpc) is 2.50. The van der Waals surface area contributed by atoms with Crippen LogP contribution in [0.1, 0.15) is 25.2 Å². The fraction of sp³-hybridized carbons (Fsp3) is 0.412. The normalized spacial score (nSPS) is 10.5. The number of nitrogens with one attached hydrogen (secondary N) is 1. The van der Waals surface area contributed by atoms with Crippen LogP contribution in [0.25, 0.3) is 0 Å². The average molecular weight is 302 g/mol. The van der Waals surface area contributed by atoms with E-state index in [4.69, 9.17) is 0 Å². The van der Waals surface area contributed by atoms with Crippen molar-refractivity contribution in [1.29, 1.82) is 0 Å². The van der Waals surface area contributed by atoms with Gasteiger partial charge in [0.25, 0.3) is 0 Å². The molecule has 2 aromatic rings. The molecule has 0 amide bonds. The summed E-state index contributed by atoms with van der Waals surface area (Å²) in [6, 6.07) is 8.80. The summed E-state index contributed by atoms with van der Waals surface area (Å²) in [6.07, 6.45) is 0.621. The van der Waals surface area contributed by atoms with Crippen molar-refractivity contribution in [3.8, 4) is 0 Å². The summed E-state index contributed by atoms with van der Waals surface area (Å²) in [4.78, 5) is 11.0. The highest BCUT2D eigenvalue weighted by Gasteiger charge is 2.07. The highest BCUT2D eigenvalue weighted by molar-refractivity contribution is 5.49. The quantitative estimate of drug-likeness (QED) is 0.851. The zero-order valence-electron chi connectivity index (χ0n) is 13.4. The lowest BCUT2D eigenvalue weighted by molar-refractivity contribution is 0.610. The molecule has 0 aliphatic rings. The number of anilines is 2. The van der Waals surface area contributed by atoms with Crippen LogP contribution >= 0.6 is 0 Å². The third-order valence-corrected chi connectivity index (χ3v) is 3.57. The molecule has 0 bridgehead atoms. The van der Waals surface area contributed by atoms with Crippen LogP contribution in [-0.2, 0) is 6.42 Å². The Hall–Kier alpha value is -2.17. The van der Waals surface area contributed by atoms with Crippen LogP contribution in [-0.4, -0.2) is 29.6 Å². The summed E-state index contributed by atoms with van der Waals surface area (Å²) in [6.45, 7) is 8.53. The van der Waals surface area contributed by atoms with Crippen LogP contribution < -0.4 is 10.2 Å². The first-order valence-electron chi connectivity index (χ1n) is 7.72. The van der Waals surface area contributed by atoms with Crippen molar-refractivity contribution in [1.82, 2.24) is 9.97 Å². The molecular weight excluding hydrogens is 279 g/mol. The molecular formula is C17H23FN4. The zero-order valence-corrected chi connectivity index (χ0v) is 13.4. The first kappa shape index (κ1) is 16.2. The van der Waals surface area contributed by atoms with E-state index in [1.165, 1.54) is 6.07 Å². The molecule has 0 radical (unpaired) electrons. The monoisotopic (exact) mass is 302 g/mol. The number of rotatable bonds is 7. The fourth-order valence-electron chi connectivity index (χ4n) is 2.38. The molecule has 1 N–H and O–H groups in total. The Kier molecular flexibility index (Phi) is 5.69. The Morgan fingerprint density at radius 1 is 1.14 bits per heavy atom. The topological polar surface area (TPSA) is 41.0 Å². The molecule has 5 heteroatoms. The molecule has 118 valence electrons. The SMILES string of the molecule is CCN(CC)c1cc(NCCc2ccccc2F)nc(C)n1. The van der Waals surface area contributed by atoms with Gasteiger partial charge in [0, 0.05) is 25.7 Å². The third-order valence-electron chi connectivity index (χ3n) is 3.57. The van der Waals surface area contributed by atoms with Crippen LogP contribution in [0.2, 0.25) is 0 Å². The van der Waals surface area contributed by atoms with E-state index in [-0.39, 0.29) is 5.82 Å². The first-order chi connectivity index (χ1) is 10.6. The number of hydrogen-bond acceptors (Lipinski definition) is 4. The van der Waals surface area contributed by atoms with E-state index in [9.17, 15) is 4.39 Å². The minimum absolute atomic E-state index is 0.160. The third kappa shape index (κ3) is 4.16. The largest absolute Gasteiger partial charge is 0.370 e. The fourth-order valence-corrected chi connectivity index (χ4v) is 2.38. The molecule has 22 heavy (non-hydrogen) atoms. The lowest BCUT2D eigenvalue weighted by Crippen LogP contribution is -2.23. The Morgan fingerprint density at radius 2 is 1.86 bits per heavy atom. The van der Waals surface area contributed by atoms with Crippen molar-refractivity contribution in [2.45, 2.75) is 27.2 Å². The van der Waals surface area contributed by atoms with Gasteiger partial charge in [-0.15, -0.1) is 0 Å². The number of hydrogen-bond donors (Lipinski definition) is 1. The Balaban J connectivity index is 2.02. The van der Waals surface area contributed by atoms with Gasteiger partial charge in [0.1, 0.15) is 23.3 Å². The molecule has 1 heterocycles. The van der Waals surface area contributed by atoms with Gasteiger partial charge >= 0.3 is 0 Å².